The van der Waals surface area contributed by atoms with E-state index in [2.05, 4.69) is 15.9 Å². The van der Waals surface area contributed by atoms with Crippen molar-refractivity contribution in [3.8, 4) is 0 Å². The molecule has 0 radical (unpaired) electrons. The number of hydrogen-bond acceptors (Lipinski definition) is 0. The third-order valence-electron chi connectivity index (χ3n) is 2.11. The maximum Gasteiger partial charge on any atom is 0.256 e. The molecule has 0 aliphatic rings. The van der Waals surface area contributed by atoms with Crippen LogP contribution in [0, 0.1) is 0 Å². The van der Waals surface area contributed by atoms with Gasteiger partial charge in [-0.05, 0) is 18.2 Å². The molecule has 2 aromatic rings. The zero-order valence-corrected chi connectivity index (χ0v) is 9.89. The molecule has 0 spiro atoms. The highest BCUT2D eigenvalue weighted by Crippen LogP contribution is 2.29. The molecule has 0 saturated heterocycles. The molecular weight excluding hydrogens is 287 g/mol. The van der Waals surface area contributed by atoms with Crippen molar-refractivity contribution >= 4 is 38.4 Å². The molecule has 80 valence electrons. The van der Waals surface area contributed by atoms with Gasteiger partial charge in [0.1, 0.15) is 0 Å². The molecule has 1 aromatic carbocycles. The van der Waals surface area contributed by atoms with Crippen molar-refractivity contribution in [2.75, 3.05) is 0 Å². The van der Waals surface area contributed by atoms with E-state index in [-0.39, 0.29) is 6.54 Å². The molecule has 0 bridgehead atoms. The van der Waals surface area contributed by atoms with Gasteiger partial charge in [-0.3, -0.25) is 0 Å². The molecule has 5 heteroatoms. The lowest BCUT2D eigenvalue weighted by atomic mass is 10.2. The van der Waals surface area contributed by atoms with Crippen molar-refractivity contribution < 1.29 is 8.78 Å². The SMILES string of the molecule is FC(F)Cn1ccc2cc(Br)cc(Cl)c21. The molecule has 0 unspecified atom stereocenters. The number of fused-ring (bicyclic) bond motifs is 1. The predicted molar refractivity (Wildman–Crippen MR) is 60.7 cm³/mol. The molecule has 1 heterocycles. The Labute approximate surface area is 98.8 Å². The molecule has 0 aliphatic heterocycles. The van der Waals surface area contributed by atoms with E-state index in [1.54, 1.807) is 18.3 Å². The molecule has 0 aliphatic carbocycles. The van der Waals surface area contributed by atoms with E-state index < -0.39 is 6.43 Å². The van der Waals surface area contributed by atoms with Crippen LogP contribution in [0.15, 0.2) is 28.9 Å². The average molecular weight is 295 g/mol. The Kier molecular flexibility index (Phi) is 2.98. The van der Waals surface area contributed by atoms with Crippen LogP contribution in [0.4, 0.5) is 8.78 Å². The number of aromatic nitrogens is 1. The van der Waals surface area contributed by atoms with Crippen LogP contribution < -0.4 is 0 Å². The molecule has 0 fully saturated rings. The van der Waals surface area contributed by atoms with Crippen molar-refractivity contribution in [2.24, 2.45) is 0 Å². The Hall–Kier alpha value is -0.610. The van der Waals surface area contributed by atoms with E-state index >= 15 is 0 Å². The first-order valence-corrected chi connectivity index (χ1v) is 5.47. The highest BCUT2D eigenvalue weighted by atomic mass is 79.9. The summed E-state index contributed by atoms with van der Waals surface area (Å²) in [5.74, 6) is 0. The van der Waals surface area contributed by atoms with Gasteiger partial charge in [0.25, 0.3) is 6.43 Å². The molecule has 0 N–H and O–H groups in total. The lowest BCUT2D eigenvalue weighted by Crippen LogP contribution is -2.04. The van der Waals surface area contributed by atoms with Crippen LogP contribution >= 0.6 is 27.5 Å². The van der Waals surface area contributed by atoms with E-state index in [1.165, 1.54) is 4.57 Å². The third kappa shape index (κ3) is 2.16. The average Bonchev–Trinajstić information content (AvgIpc) is 2.46. The number of nitrogens with zero attached hydrogens (tertiary/aromatic N) is 1. The maximum atomic E-state index is 12.3. The first-order chi connectivity index (χ1) is 7.08. The minimum atomic E-state index is -2.37. The Morgan fingerprint density at radius 1 is 1.40 bits per heavy atom. The summed E-state index contributed by atoms with van der Waals surface area (Å²) in [6.07, 6.45) is -0.755. The predicted octanol–water partition coefficient (Wildman–Crippen LogP) is 4.32. The number of benzene rings is 1. The van der Waals surface area contributed by atoms with Crippen LogP contribution in [0.5, 0.6) is 0 Å². The zero-order chi connectivity index (χ0) is 11.0. The smallest absolute Gasteiger partial charge is 0.256 e. The van der Waals surface area contributed by atoms with Gasteiger partial charge >= 0.3 is 0 Å². The fourth-order valence-electron chi connectivity index (χ4n) is 1.56. The minimum absolute atomic E-state index is 0.329. The maximum absolute atomic E-state index is 12.3. The van der Waals surface area contributed by atoms with Crippen LogP contribution in [0.2, 0.25) is 5.02 Å². The second-order valence-electron chi connectivity index (χ2n) is 3.18. The third-order valence-corrected chi connectivity index (χ3v) is 2.86. The molecule has 0 amide bonds. The molecule has 15 heavy (non-hydrogen) atoms. The molecule has 2 rings (SSSR count). The van der Waals surface area contributed by atoms with E-state index in [1.807, 2.05) is 6.07 Å². The highest BCUT2D eigenvalue weighted by Gasteiger charge is 2.10. The van der Waals surface area contributed by atoms with Crippen molar-refractivity contribution in [3.63, 3.8) is 0 Å². The first-order valence-electron chi connectivity index (χ1n) is 4.30. The summed E-state index contributed by atoms with van der Waals surface area (Å²) in [7, 11) is 0. The van der Waals surface area contributed by atoms with Crippen molar-refractivity contribution in [3.05, 3.63) is 33.9 Å². The fourth-order valence-corrected chi connectivity index (χ4v) is 2.50. The summed E-state index contributed by atoms with van der Waals surface area (Å²) in [5, 5.41) is 1.33. The van der Waals surface area contributed by atoms with Gasteiger partial charge < -0.3 is 4.57 Å². The summed E-state index contributed by atoms with van der Waals surface area (Å²) in [4.78, 5) is 0. The van der Waals surface area contributed by atoms with Crippen LogP contribution in [0.1, 0.15) is 0 Å². The standard InChI is InChI=1S/C10H7BrClF2N/c11-7-3-6-1-2-15(5-9(13)14)10(6)8(12)4-7/h1-4,9H,5H2. The normalized spacial score (nSPS) is 11.5. The van der Waals surface area contributed by atoms with Gasteiger partial charge in [-0.15, -0.1) is 0 Å². The molecule has 1 nitrogen and oxygen atoms in total. The summed E-state index contributed by atoms with van der Waals surface area (Å²) in [5.41, 5.74) is 0.653. The molecule has 0 atom stereocenters. The van der Waals surface area contributed by atoms with E-state index in [9.17, 15) is 8.78 Å². The fraction of sp³-hybridized carbons (Fsp3) is 0.200. The number of alkyl halides is 2. The Balaban J connectivity index is 2.58. The van der Waals surface area contributed by atoms with E-state index in [0.717, 1.165) is 9.86 Å². The quantitative estimate of drug-likeness (QED) is 0.777. The van der Waals surface area contributed by atoms with Crippen LogP contribution in [-0.2, 0) is 6.54 Å². The van der Waals surface area contributed by atoms with Crippen molar-refractivity contribution in [1.82, 2.24) is 4.57 Å². The minimum Gasteiger partial charge on any atom is -0.341 e. The van der Waals surface area contributed by atoms with Crippen LogP contribution in [0.3, 0.4) is 0 Å². The Morgan fingerprint density at radius 2 is 2.13 bits per heavy atom. The van der Waals surface area contributed by atoms with Gasteiger partial charge in [-0.2, -0.15) is 0 Å². The monoisotopic (exact) mass is 293 g/mol. The van der Waals surface area contributed by atoms with E-state index in [0.29, 0.717) is 10.5 Å². The second-order valence-corrected chi connectivity index (χ2v) is 4.51. The van der Waals surface area contributed by atoms with Crippen molar-refractivity contribution in [1.29, 1.82) is 0 Å². The summed E-state index contributed by atoms with van der Waals surface area (Å²) >= 11 is 9.30. The van der Waals surface area contributed by atoms with Crippen LogP contribution in [-0.4, -0.2) is 11.0 Å². The van der Waals surface area contributed by atoms with Gasteiger partial charge in [0.15, 0.2) is 0 Å². The summed E-state index contributed by atoms with van der Waals surface area (Å²) < 4.78 is 26.8. The summed E-state index contributed by atoms with van der Waals surface area (Å²) in [6.45, 7) is -0.329. The second kappa shape index (κ2) is 4.10. The van der Waals surface area contributed by atoms with E-state index in [4.69, 9.17) is 11.6 Å². The van der Waals surface area contributed by atoms with Gasteiger partial charge in [-0.25, -0.2) is 8.78 Å². The number of hydrogen-bond donors (Lipinski definition) is 0. The Bertz CT molecular complexity index is 495. The highest BCUT2D eigenvalue weighted by molar-refractivity contribution is 9.10. The van der Waals surface area contributed by atoms with Crippen LogP contribution in [0.25, 0.3) is 10.9 Å². The molecule has 1 aromatic heterocycles. The zero-order valence-electron chi connectivity index (χ0n) is 7.55. The van der Waals surface area contributed by atoms with Crippen molar-refractivity contribution in [2.45, 2.75) is 13.0 Å². The first kappa shape index (κ1) is 10.9. The van der Waals surface area contributed by atoms with Gasteiger partial charge in [0, 0.05) is 16.1 Å². The lowest BCUT2D eigenvalue weighted by Gasteiger charge is -2.05. The molecular formula is C10H7BrClF2N. The Morgan fingerprint density at radius 3 is 2.80 bits per heavy atom. The lowest BCUT2D eigenvalue weighted by molar-refractivity contribution is 0.128. The number of rotatable bonds is 2. The summed E-state index contributed by atoms with van der Waals surface area (Å²) in [6, 6.07) is 5.32. The molecule has 0 saturated carbocycles. The largest absolute Gasteiger partial charge is 0.341 e. The number of halogens is 4. The van der Waals surface area contributed by atoms with Gasteiger partial charge in [-0.1, -0.05) is 27.5 Å². The van der Waals surface area contributed by atoms with Gasteiger partial charge in [0.05, 0.1) is 17.1 Å². The van der Waals surface area contributed by atoms with Gasteiger partial charge in [0.2, 0.25) is 0 Å². The topological polar surface area (TPSA) is 4.93 Å².